The fourth-order valence-electron chi connectivity index (χ4n) is 2.52. The topological polar surface area (TPSA) is 86.7 Å². The van der Waals surface area contributed by atoms with E-state index in [9.17, 15) is 14.4 Å². The van der Waals surface area contributed by atoms with Crippen molar-refractivity contribution >= 4 is 17.8 Å². The van der Waals surface area contributed by atoms with E-state index >= 15 is 0 Å². The van der Waals surface area contributed by atoms with Crippen molar-refractivity contribution in [2.75, 3.05) is 6.54 Å². The first-order valence-corrected chi connectivity index (χ1v) is 6.99. The van der Waals surface area contributed by atoms with Crippen LogP contribution in [0, 0.1) is 5.92 Å². The summed E-state index contributed by atoms with van der Waals surface area (Å²) in [5.74, 6) is -1.34. The van der Waals surface area contributed by atoms with Gasteiger partial charge in [-0.3, -0.25) is 9.59 Å². The van der Waals surface area contributed by atoms with E-state index in [1.54, 1.807) is 4.90 Å². The lowest BCUT2D eigenvalue weighted by atomic mass is 10.1. The predicted octanol–water partition coefficient (Wildman–Crippen LogP) is 0.533. The monoisotopic (exact) mass is 280 g/mol. The minimum Gasteiger partial charge on any atom is -0.480 e. The molecule has 2 aliphatic rings. The van der Waals surface area contributed by atoms with Crippen LogP contribution in [0.2, 0.25) is 0 Å². The zero-order chi connectivity index (χ0) is 14.7. The van der Waals surface area contributed by atoms with Gasteiger partial charge >= 0.3 is 5.97 Å². The summed E-state index contributed by atoms with van der Waals surface area (Å²) in [4.78, 5) is 36.9. The van der Waals surface area contributed by atoms with Gasteiger partial charge in [0.15, 0.2) is 0 Å². The molecule has 110 valence electrons. The Labute approximate surface area is 117 Å². The van der Waals surface area contributed by atoms with Gasteiger partial charge in [0.25, 0.3) is 0 Å². The van der Waals surface area contributed by atoms with Crippen LogP contribution >= 0.6 is 0 Å². The van der Waals surface area contributed by atoms with Crippen LogP contribution in [-0.2, 0) is 14.4 Å². The average molecular weight is 280 g/mol. The Kier molecular flexibility index (Phi) is 4.42. The Morgan fingerprint density at radius 2 is 2.05 bits per heavy atom. The van der Waals surface area contributed by atoms with Crippen molar-refractivity contribution in [2.45, 2.75) is 44.2 Å². The molecule has 0 aromatic carbocycles. The first-order chi connectivity index (χ1) is 9.54. The maximum absolute atomic E-state index is 12.2. The highest BCUT2D eigenvalue weighted by atomic mass is 16.4. The number of nitrogens with one attached hydrogen (secondary N) is 1. The van der Waals surface area contributed by atoms with Crippen LogP contribution in [0.5, 0.6) is 0 Å². The van der Waals surface area contributed by atoms with Gasteiger partial charge in [0.05, 0.1) is 0 Å². The summed E-state index contributed by atoms with van der Waals surface area (Å²) < 4.78 is 0. The first-order valence-electron chi connectivity index (χ1n) is 6.99. The largest absolute Gasteiger partial charge is 0.480 e. The van der Waals surface area contributed by atoms with Gasteiger partial charge in [0.2, 0.25) is 11.8 Å². The van der Waals surface area contributed by atoms with E-state index in [4.69, 9.17) is 5.11 Å². The van der Waals surface area contributed by atoms with Crippen LogP contribution in [0.15, 0.2) is 12.7 Å². The van der Waals surface area contributed by atoms with Crippen LogP contribution in [0.1, 0.15) is 32.1 Å². The molecule has 1 aliphatic heterocycles. The summed E-state index contributed by atoms with van der Waals surface area (Å²) in [6.45, 7) is 4.07. The molecule has 2 fully saturated rings. The summed E-state index contributed by atoms with van der Waals surface area (Å²) in [5, 5.41) is 11.5. The molecule has 0 aromatic rings. The van der Waals surface area contributed by atoms with E-state index in [1.165, 1.54) is 6.08 Å². The van der Waals surface area contributed by atoms with Crippen LogP contribution in [0.25, 0.3) is 0 Å². The molecule has 0 bridgehead atoms. The molecule has 1 saturated heterocycles. The second kappa shape index (κ2) is 6.07. The number of carboxylic acids is 1. The highest BCUT2D eigenvalue weighted by Crippen LogP contribution is 2.33. The molecule has 6 heteroatoms. The molecule has 2 atom stereocenters. The lowest BCUT2D eigenvalue weighted by Gasteiger charge is -2.25. The second-order valence-electron chi connectivity index (χ2n) is 5.39. The predicted molar refractivity (Wildman–Crippen MR) is 71.8 cm³/mol. The number of likely N-dealkylation sites (tertiary alicyclic amines) is 1. The summed E-state index contributed by atoms with van der Waals surface area (Å²) >= 11 is 0. The number of amides is 2. The molecule has 20 heavy (non-hydrogen) atoms. The fourth-order valence-corrected chi connectivity index (χ4v) is 2.52. The molecule has 0 spiro atoms. The molecule has 2 N–H and O–H groups in total. The Balaban J connectivity index is 1.97. The molecular formula is C14H20N2O4. The van der Waals surface area contributed by atoms with Crippen molar-refractivity contribution in [3.8, 4) is 0 Å². The van der Waals surface area contributed by atoms with Crippen LogP contribution < -0.4 is 5.32 Å². The smallest absolute Gasteiger partial charge is 0.326 e. The van der Waals surface area contributed by atoms with Crippen molar-refractivity contribution in [1.82, 2.24) is 10.2 Å². The molecule has 2 rings (SSSR count). The molecule has 0 aromatic heterocycles. The second-order valence-corrected chi connectivity index (χ2v) is 5.39. The van der Waals surface area contributed by atoms with Crippen molar-refractivity contribution < 1.29 is 19.5 Å². The van der Waals surface area contributed by atoms with Gasteiger partial charge in [-0.15, -0.1) is 6.58 Å². The number of hydrogen-bond donors (Lipinski definition) is 2. The van der Waals surface area contributed by atoms with Gasteiger partial charge in [0, 0.05) is 12.5 Å². The van der Waals surface area contributed by atoms with E-state index in [2.05, 4.69) is 11.9 Å². The third kappa shape index (κ3) is 3.18. The van der Waals surface area contributed by atoms with Gasteiger partial charge in [-0.25, -0.2) is 4.79 Å². The number of carbonyl (C=O) groups is 3. The molecule has 1 saturated carbocycles. The number of rotatable bonds is 6. The van der Waals surface area contributed by atoms with Gasteiger partial charge in [-0.1, -0.05) is 6.08 Å². The van der Waals surface area contributed by atoms with E-state index < -0.39 is 18.1 Å². The van der Waals surface area contributed by atoms with Gasteiger partial charge in [-0.2, -0.15) is 0 Å². The van der Waals surface area contributed by atoms with E-state index in [1.807, 2.05) is 0 Å². The lowest BCUT2D eigenvalue weighted by molar-refractivity contribution is -0.144. The third-order valence-electron chi connectivity index (χ3n) is 3.78. The van der Waals surface area contributed by atoms with Crippen molar-refractivity contribution in [3.63, 3.8) is 0 Å². The van der Waals surface area contributed by atoms with Crippen molar-refractivity contribution in [2.24, 2.45) is 5.92 Å². The Hall–Kier alpha value is -1.85. The molecule has 2 unspecified atom stereocenters. The van der Waals surface area contributed by atoms with Crippen molar-refractivity contribution in [1.29, 1.82) is 0 Å². The van der Waals surface area contributed by atoms with Crippen LogP contribution in [-0.4, -0.2) is 46.4 Å². The number of hydrogen-bond acceptors (Lipinski definition) is 3. The van der Waals surface area contributed by atoms with Gasteiger partial charge in [0.1, 0.15) is 12.1 Å². The van der Waals surface area contributed by atoms with Crippen LogP contribution in [0.4, 0.5) is 0 Å². The Morgan fingerprint density at radius 1 is 1.35 bits per heavy atom. The van der Waals surface area contributed by atoms with Gasteiger partial charge < -0.3 is 15.3 Å². The molecule has 2 amide bonds. The molecule has 1 heterocycles. The van der Waals surface area contributed by atoms with Crippen LogP contribution in [0.3, 0.4) is 0 Å². The molecule has 1 aliphatic carbocycles. The molecule has 6 nitrogen and oxygen atoms in total. The lowest BCUT2D eigenvalue weighted by Crippen LogP contribution is -2.51. The van der Waals surface area contributed by atoms with Crippen molar-refractivity contribution in [3.05, 3.63) is 12.7 Å². The highest BCUT2D eigenvalue weighted by molar-refractivity contribution is 5.92. The van der Waals surface area contributed by atoms with Gasteiger partial charge in [-0.05, 0) is 32.1 Å². The zero-order valence-electron chi connectivity index (χ0n) is 11.4. The Bertz CT molecular complexity index is 431. The van der Waals surface area contributed by atoms with E-state index in [0.717, 1.165) is 19.3 Å². The summed E-state index contributed by atoms with van der Waals surface area (Å²) in [5.41, 5.74) is 0. The maximum atomic E-state index is 12.2. The normalized spacial score (nSPS) is 23.2. The first kappa shape index (κ1) is 14.6. The summed E-state index contributed by atoms with van der Waals surface area (Å²) in [6, 6.07) is -1.49. The summed E-state index contributed by atoms with van der Waals surface area (Å²) in [7, 11) is 0. The Morgan fingerprint density at radius 3 is 2.60 bits per heavy atom. The number of carboxylic acid groups (broad SMARTS) is 1. The quantitative estimate of drug-likeness (QED) is 0.695. The van der Waals surface area contributed by atoms with E-state index in [-0.39, 0.29) is 24.2 Å². The third-order valence-corrected chi connectivity index (χ3v) is 3.78. The fraction of sp³-hybridized carbons (Fsp3) is 0.643. The summed E-state index contributed by atoms with van der Waals surface area (Å²) in [6.07, 6.45) is 4.82. The zero-order valence-corrected chi connectivity index (χ0v) is 11.4. The standard InChI is InChI=1S/C14H20N2O4/c1-2-4-10(14(19)20)15-12(17)11-5-3-8-16(11)13(18)9-6-7-9/h2,9-11H,1,3-8H2,(H,15,17)(H,19,20). The number of carbonyl (C=O) groups excluding carboxylic acids is 2. The molecular weight excluding hydrogens is 260 g/mol. The number of nitrogens with zero attached hydrogens (tertiary/aromatic N) is 1. The average Bonchev–Trinajstić information content (AvgIpc) is 3.14. The minimum absolute atomic E-state index is 0.0400. The SMILES string of the molecule is C=CCC(NC(=O)C1CCCN1C(=O)C1CC1)C(=O)O. The van der Waals surface area contributed by atoms with E-state index in [0.29, 0.717) is 13.0 Å². The molecule has 0 radical (unpaired) electrons. The minimum atomic E-state index is -1.09. The number of aliphatic carboxylic acids is 1. The maximum Gasteiger partial charge on any atom is 0.326 e. The highest BCUT2D eigenvalue weighted by Gasteiger charge is 2.41.